The molecular formula is C27H32N2O3. The fourth-order valence-electron chi connectivity index (χ4n) is 4.00. The van der Waals surface area contributed by atoms with Gasteiger partial charge in [0, 0.05) is 13.1 Å². The molecule has 1 aliphatic rings. The fourth-order valence-corrected chi connectivity index (χ4v) is 4.00. The zero-order valence-electron chi connectivity index (χ0n) is 19.1. The van der Waals surface area contributed by atoms with Crippen LogP contribution in [-0.4, -0.2) is 45.8 Å². The standard InChI is InChI=1S/C27H32N2O3/c1-29(2)14-15-31-23-11-7-10-22(16-23)27-24-18-26(32-19-20-8-5-4-6-9-20)25(30-3)17-21(24)12-13-28-27/h4-11,16-18,27-28H,12-15,19H2,1-3H3. The highest BCUT2D eigenvalue weighted by molar-refractivity contribution is 5.52. The molecule has 1 aliphatic heterocycles. The van der Waals surface area contributed by atoms with Crippen molar-refractivity contribution in [3.8, 4) is 17.2 Å². The van der Waals surface area contributed by atoms with Gasteiger partial charge < -0.3 is 24.4 Å². The number of methoxy groups -OCH3 is 1. The van der Waals surface area contributed by atoms with Crippen molar-refractivity contribution in [3.63, 3.8) is 0 Å². The number of hydrogen-bond donors (Lipinski definition) is 1. The molecule has 0 radical (unpaired) electrons. The van der Waals surface area contributed by atoms with Gasteiger partial charge in [-0.25, -0.2) is 0 Å². The summed E-state index contributed by atoms with van der Waals surface area (Å²) in [7, 11) is 5.80. The van der Waals surface area contributed by atoms with Crippen molar-refractivity contribution in [3.05, 3.63) is 89.0 Å². The number of nitrogens with zero attached hydrogens (tertiary/aromatic N) is 1. The molecule has 0 amide bonds. The first-order valence-electron chi connectivity index (χ1n) is 11.1. The highest BCUT2D eigenvalue weighted by atomic mass is 16.5. The molecule has 1 unspecified atom stereocenters. The van der Waals surface area contributed by atoms with Crippen LogP contribution in [0.25, 0.3) is 0 Å². The van der Waals surface area contributed by atoms with Crippen LogP contribution in [0.3, 0.4) is 0 Å². The molecule has 32 heavy (non-hydrogen) atoms. The monoisotopic (exact) mass is 432 g/mol. The normalized spacial score (nSPS) is 15.3. The van der Waals surface area contributed by atoms with E-state index in [1.54, 1.807) is 7.11 Å². The van der Waals surface area contributed by atoms with Gasteiger partial charge in [-0.1, -0.05) is 42.5 Å². The molecule has 5 nitrogen and oxygen atoms in total. The maximum Gasteiger partial charge on any atom is 0.162 e. The van der Waals surface area contributed by atoms with Gasteiger partial charge >= 0.3 is 0 Å². The van der Waals surface area contributed by atoms with E-state index in [1.807, 2.05) is 38.4 Å². The lowest BCUT2D eigenvalue weighted by Gasteiger charge is -2.29. The molecule has 5 heteroatoms. The van der Waals surface area contributed by atoms with Crippen molar-refractivity contribution < 1.29 is 14.2 Å². The summed E-state index contributed by atoms with van der Waals surface area (Å²) in [6, 6.07) is 22.9. The van der Waals surface area contributed by atoms with E-state index in [-0.39, 0.29) is 6.04 Å². The summed E-state index contributed by atoms with van der Waals surface area (Å²) < 4.78 is 17.8. The molecule has 1 N–H and O–H groups in total. The van der Waals surface area contributed by atoms with Crippen molar-refractivity contribution >= 4 is 0 Å². The molecule has 4 rings (SSSR count). The van der Waals surface area contributed by atoms with Gasteiger partial charge in [0.2, 0.25) is 0 Å². The van der Waals surface area contributed by atoms with Crippen molar-refractivity contribution in [1.82, 2.24) is 10.2 Å². The van der Waals surface area contributed by atoms with Crippen molar-refractivity contribution in [1.29, 1.82) is 0 Å². The first-order valence-corrected chi connectivity index (χ1v) is 11.1. The van der Waals surface area contributed by atoms with Gasteiger partial charge in [0.1, 0.15) is 19.0 Å². The minimum atomic E-state index is 0.0844. The highest BCUT2D eigenvalue weighted by Gasteiger charge is 2.24. The van der Waals surface area contributed by atoms with Gasteiger partial charge in [-0.2, -0.15) is 0 Å². The van der Waals surface area contributed by atoms with E-state index in [0.29, 0.717) is 13.2 Å². The second-order valence-electron chi connectivity index (χ2n) is 8.34. The Morgan fingerprint density at radius 2 is 1.78 bits per heavy atom. The molecule has 0 fully saturated rings. The van der Waals surface area contributed by atoms with Crippen LogP contribution in [0, 0.1) is 0 Å². The van der Waals surface area contributed by atoms with Gasteiger partial charge in [-0.05, 0) is 67.0 Å². The van der Waals surface area contributed by atoms with Crippen LogP contribution in [0.4, 0.5) is 0 Å². The van der Waals surface area contributed by atoms with Crippen LogP contribution in [0.2, 0.25) is 0 Å². The van der Waals surface area contributed by atoms with Crippen LogP contribution < -0.4 is 19.5 Å². The summed E-state index contributed by atoms with van der Waals surface area (Å²) in [6.07, 6.45) is 0.959. The number of fused-ring (bicyclic) bond motifs is 1. The summed E-state index contributed by atoms with van der Waals surface area (Å²) in [5, 5.41) is 3.67. The Kier molecular flexibility index (Phi) is 7.30. The summed E-state index contributed by atoms with van der Waals surface area (Å²) in [4.78, 5) is 2.12. The molecule has 0 bridgehead atoms. The Morgan fingerprint density at radius 1 is 0.938 bits per heavy atom. The number of likely N-dealkylation sites (N-methyl/N-ethyl adjacent to an activating group) is 1. The Balaban J connectivity index is 1.58. The third-order valence-electron chi connectivity index (χ3n) is 5.72. The van der Waals surface area contributed by atoms with Crippen LogP contribution in [0.15, 0.2) is 66.7 Å². The number of benzene rings is 3. The largest absolute Gasteiger partial charge is 0.493 e. The molecule has 3 aromatic carbocycles. The number of rotatable bonds is 9. The Hall–Kier alpha value is -3.02. The van der Waals surface area contributed by atoms with Crippen molar-refractivity contribution in [2.24, 2.45) is 0 Å². The third kappa shape index (κ3) is 5.42. The van der Waals surface area contributed by atoms with Crippen LogP contribution in [0.5, 0.6) is 17.2 Å². The SMILES string of the molecule is COc1cc2c(cc1OCc1ccccc1)C(c1cccc(OCCN(C)C)c1)NCC2. The average molecular weight is 433 g/mol. The maximum absolute atomic E-state index is 6.18. The lowest BCUT2D eigenvalue weighted by Crippen LogP contribution is -2.30. The second kappa shape index (κ2) is 10.5. The molecule has 0 spiro atoms. The Bertz CT molecular complexity index is 1020. The number of hydrogen-bond acceptors (Lipinski definition) is 5. The van der Waals surface area contributed by atoms with Gasteiger partial charge in [0.05, 0.1) is 13.2 Å². The quantitative estimate of drug-likeness (QED) is 0.541. The van der Waals surface area contributed by atoms with E-state index in [1.165, 1.54) is 16.7 Å². The topological polar surface area (TPSA) is 43.0 Å². The van der Waals surface area contributed by atoms with Crippen LogP contribution >= 0.6 is 0 Å². The van der Waals surface area contributed by atoms with Gasteiger partial charge in [-0.3, -0.25) is 0 Å². The average Bonchev–Trinajstić information content (AvgIpc) is 2.82. The first kappa shape index (κ1) is 22.2. The molecule has 0 aromatic heterocycles. The first-order chi connectivity index (χ1) is 15.6. The van der Waals surface area contributed by atoms with Crippen LogP contribution in [-0.2, 0) is 13.0 Å². The summed E-state index contributed by atoms with van der Waals surface area (Å²) in [6.45, 7) is 2.97. The Labute approximate surface area is 190 Å². The van der Waals surface area contributed by atoms with Gasteiger partial charge in [0.25, 0.3) is 0 Å². The van der Waals surface area contributed by atoms with Crippen molar-refractivity contribution in [2.75, 3.05) is 40.9 Å². The molecule has 0 saturated carbocycles. The predicted octanol–water partition coefficient (Wildman–Crippen LogP) is 4.45. The van der Waals surface area contributed by atoms with Crippen LogP contribution in [0.1, 0.15) is 28.3 Å². The summed E-state index contributed by atoms with van der Waals surface area (Å²) in [5.41, 5.74) is 4.83. The maximum atomic E-state index is 6.18. The zero-order valence-corrected chi connectivity index (χ0v) is 19.1. The lowest BCUT2D eigenvalue weighted by atomic mass is 9.89. The molecule has 0 saturated heterocycles. The molecule has 0 aliphatic carbocycles. The molecule has 168 valence electrons. The Morgan fingerprint density at radius 3 is 2.56 bits per heavy atom. The minimum Gasteiger partial charge on any atom is -0.493 e. The minimum absolute atomic E-state index is 0.0844. The van der Waals surface area contributed by atoms with Crippen molar-refractivity contribution in [2.45, 2.75) is 19.1 Å². The molecule has 1 atom stereocenters. The molecule has 3 aromatic rings. The van der Waals surface area contributed by atoms with E-state index in [2.05, 4.69) is 52.7 Å². The van der Waals surface area contributed by atoms with E-state index in [9.17, 15) is 0 Å². The third-order valence-corrected chi connectivity index (χ3v) is 5.72. The van der Waals surface area contributed by atoms with E-state index in [0.717, 1.165) is 42.3 Å². The van der Waals surface area contributed by atoms with E-state index < -0.39 is 0 Å². The van der Waals surface area contributed by atoms with Gasteiger partial charge in [0.15, 0.2) is 11.5 Å². The predicted molar refractivity (Wildman–Crippen MR) is 128 cm³/mol. The fraction of sp³-hybridized carbons (Fsp3) is 0.333. The van der Waals surface area contributed by atoms with E-state index in [4.69, 9.17) is 14.2 Å². The number of nitrogens with one attached hydrogen (secondary N) is 1. The van der Waals surface area contributed by atoms with Gasteiger partial charge in [-0.15, -0.1) is 0 Å². The zero-order chi connectivity index (χ0) is 22.3. The number of ether oxygens (including phenoxy) is 3. The second-order valence-corrected chi connectivity index (χ2v) is 8.34. The molecular weight excluding hydrogens is 400 g/mol. The summed E-state index contributed by atoms with van der Waals surface area (Å²) in [5.74, 6) is 2.44. The smallest absolute Gasteiger partial charge is 0.162 e. The lowest BCUT2D eigenvalue weighted by molar-refractivity contribution is 0.261. The summed E-state index contributed by atoms with van der Waals surface area (Å²) >= 11 is 0. The van der Waals surface area contributed by atoms with E-state index >= 15 is 0 Å². The highest BCUT2D eigenvalue weighted by Crippen LogP contribution is 2.38. The molecule has 1 heterocycles.